The van der Waals surface area contributed by atoms with Gasteiger partial charge in [-0.15, -0.1) is 0 Å². The number of aromatic nitrogens is 3. The molecule has 4 rings (SSSR count). The molecular formula is C21H10ClF4N3O3. The molecule has 0 saturated carbocycles. The van der Waals surface area contributed by atoms with Gasteiger partial charge < -0.3 is 5.11 Å². The number of carbonyl (C=O) groups is 2. The van der Waals surface area contributed by atoms with Crippen molar-refractivity contribution >= 4 is 34.5 Å². The largest absolute Gasteiger partial charge is 0.478 e. The van der Waals surface area contributed by atoms with Crippen molar-refractivity contribution in [2.75, 3.05) is 0 Å². The Morgan fingerprint density at radius 2 is 1.81 bits per heavy atom. The van der Waals surface area contributed by atoms with Crippen molar-refractivity contribution in [2.24, 2.45) is 0 Å². The molecule has 11 heteroatoms. The highest BCUT2D eigenvalue weighted by Crippen LogP contribution is 2.36. The van der Waals surface area contributed by atoms with Crippen molar-refractivity contribution in [3.05, 3.63) is 82.3 Å². The van der Waals surface area contributed by atoms with Gasteiger partial charge in [-0.3, -0.25) is 9.78 Å². The summed E-state index contributed by atoms with van der Waals surface area (Å²) in [7, 11) is 0. The van der Waals surface area contributed by atoms with Gasteiger partial charge in [0.25, 0.3) is 5.91 Å². The van der Waals surface area contributed by atoms with Crippen LogP contribution in [0.15, 0.2) is 54.7 Å². The predicted octanol–water partition coefficient (Wildman–Crippen LogP) is 5.30. The Balaban J connectivity index is 1.94. The SMILES string of the molecule is O=C(O)c1ccc(-c2nn(C(=O)c3c(Cl)cccc3C(F)(F)F)c3cccnc23)cc1F. The summed E-state index contributed by atoms with van der Waals surface area (Å²) in [5.41, 5.74) is -2.39. The zero-order valence-electron chi connectivity index (χ0n) is 15.7. The minimum absolute atomic E-state index is 0.0228. The maximum Gasteiger partial charge on any atom is 0.417 e. The molecule has 0 fully saturated rings. The molecule has 162 valence electrons. The molecular weight excluding hydrogens is 454 g/mol. The molecule has 0 atom stereocenters. The number of hydrogen-bond acceptors (Lipinski definition) is 4. The Morgan fingerprint density at radius 3 is 2.47 bits per heavy atom. The van der Waals surface area contributed by atoms with Crippen LogP contribution < -0.4 is 0 Å². The topological polar surface area (TPSA) is 85.1 Å². The molecule has 1 N–H and O–H groups in total. The minimum Gasteiger partial charge on any atom is -0.478 e. The lowest BCUT2D eigenvalue weighted by molar-refractivity contribution is -0.137. The van der Waals surface area contributed by atoms with Crippen LogP contribution in [-0.2, 0) is 6.18 Å². The molecule has 2 aromatic carbocycles. The number of fused-ring (bicyclic) bond motifs is 1. The van der Waals surface area contributed by atoms with Crippen LogP contribution in [0.4, 0.5) is 17.6 Å². The summed E-state index contributed by atoms with van der Waals surface area (Å²) in [6, 6.07) is 8.96. The fourth-order valence-electron chi connectivity index (χ4n) is 3.22. The predicted molar refractivity (Wildman–Crippen MR) is 106 cm³/mol. The fraction of sp³-hybridized carbons (Fsp3) is 0.0476. The number of rotatable bonds is 3. The van der Waals surface area contributed by atoms with E-state index in [0.717, 1.165) is 30.3 Å². The molecule has 0 unspecified atom stereocenters. The normalized spacial score (nSPS) is 11.7. The first kappa shape index (κ1) is 21.4. The third-order valence-electron chi connectivity index (χ3n) is 4.64. The highest BCUT2D eigenvalue weighted by Gasteiger charge is 2.37. The summed E-state index contributed by atoms with van der Waals surface area (Å²) in [5, 5.41) is 12.7. The van der Waals surface area contributed by atoms with Crippen LogP contribution in [0.1, 0.15) is 26.3 Å². The van der Waals surface area contributed by atoms with Crippen LogP contribution in [0.25, 0.3) is 22.3 Å². The second kappa shape index (κ2) is 7.72. The Morgan fingerprint density at radius 1 is 1.06 bits per heavy atom. The second-order valence-electron chi connectivity index (χ2n) is 6.60. The molecule has 0 saturated heterocycles. The van der Waals surface area contributed by atoms with Crippen LogP contribution in [0, 0.1) is 5.82 Å². The second-order valence-corrected chi connectivity index (χ2v) is 7.00. The van der Waals surface area contributed by atoms with Gasteiger partial charge in [0.2, 0.25) is 0 Å². The summed E-state index contributed by atoms with van der Waals surface area (Å²) in [4.78, 5) is 28.3. The average Bonchev–Trinajstić information content (AvgIpc) is 3.12. The molecule has 0 amide bonds. The van der Waals surface area contributed by atoms with E-state index in [4.69, 9.17) is 16.7 Å². The third kappa shape index (κ3) is 3.58. The van der Waals surface area contributed by atoms with E-state index in [1.807, 2.05) is 0 Å². The van der Waals surface area contributed by atoms with Gasteiger partial charge in [0, 0.05) is 11.8 Å². The summed E-state index contributed by atoms with van der Waals surface area (Å²) in [5.74, 6) is -3.68. The number of benzene rings is 2. The smallest absolute Gasteiger partial charge is 0.417 e. The zero-order chi connectivity index (χ0) is 23.2. The number of aromatic carboxylic acids is 1. The van der Waals surface area contributed by atoms with E-state index in [1.54, 1.807) is 0 Å². The Kier molecular flexibility index (Phi) is 5.17. The first-order valence-corrected chi connectivity index (χ1v) is 9.24. The average molecular weight is 464 g/mol. The van der Waals surface area contributed by atoms with E-state index in [-0.39, 0.29) is 22.3 Å². The molecule has 0 bridgehead atoms. The van der Waals surface area contributed by atoms with Crippen LogP contribution in [-0.4, -0.2) is 31.7 Å². The van der Waals surface area contributed by atoms with Crippen molar-refractivity contribution < 1.29 is 32.3 Å². The molecule has 0 spiro atoms. The number of pyridine rings is 1. The standard InChI is InChI=1S/C21H10ClF4N3O3/c22-13-4-1-3-12(21(24,25)26)16(13)19(30)29-15-5-2-8-27-18(15)17(28-29)10-6-7-11(20(31)32)14(23)9-10/h1-9H,(H,31,32). The number of halogens is 5. The van der Waals surface area contributed by atoms with Gasteiger partial charge in [-0.1, -0.05) is 23.7 Å². The summed E-state index contributed by atoms with van der Waals surface area (Å²) >= 11 is 5.94. The van der Waals surface area contributed by atoms with E-state index in [2.05, 4.69) is 10.1 Å². The number of carbonyl (C=O) groups excluding carboxylic acids is 1. The third-order valence-corrected chi connectivity index (χ3v) is 4.95. The van der Waals surface area contributed by atoms with Gasteiger partial charge in [-0.25, -0.2) is 9.18 Å². The van der Waals surface area contributed by atoms with Gasteiger partial charge in [0.1, 0.15) is 17.0 Å². The Hall–Kier alpha value is -3.79. The first-order chi connectivity index (χ1) is 15.1. The van der Waals surface area contributed by atoms with Crippen LogP contribution in [0.5, 0.6) is 0 Å². The van der Waals surface area contributed by atoms with Crippen molar-refractivity contribution in [1.29, 1.82) is 0 Å². The molecule has 4 aromatic rings. The molecule has 0 aliphatic carbocycles. The highest BCUT2D eigenvalue weighted by molar-refractivity contribution is 6.34. The maximum atomic E-state index is 14.2. The van der Waals surface area contributed by atoms with Crippen molar-refractivity contribution in [3.8, 4) is 11.3 Å². The Labute approximate surface area is 181 Å². The highest BCUT2D eigenvalue weighted by atomic mass is 35.5. The van der Waals surface area contributed by atoms with E-state index in [1.165, 1.54) is 24.4 Å². The lowest BCUT2D eigenvalue weighted by Gasteiger charge is -2.13. The molecule has 6 nitrogen and oxygen atoms in total. The van der Waals surface area contributed by atoms with Gasteiger partial charge in [0.15, 0.2) is 0 Å². The lowest BCUT2D eigenvalue weighted by atomic mass is 10.1. The van der Waals surface area contributed by atoms with Crippen molar-refractivity contribution in [1.82, 2.24) is 14.8 Å². The summed E-state index contributed by atoms with van der Waals surface area (Å²) in [6.07, 6.45) is -3.49. The molecule has 0 radical (unpaired) electrons. The van der Waals surface area contributed by atoms with Crippen LogP contribution >= 0.6 is 11.6 Å². The molecule has 32 heavy (non-hydrogen) atoms. The number of hydrogen-bond donors (Lipinski definition) is 1. The van der Waals surface area contributed by atoms with Gasteiger partial charge >= 0.3 is 12.1 Å². The first-order valence-electron chi connectivity index (χ1n) is 8.87. The number of carboxylic acid groups (broad SMARTS) is 1. The lowest BCUT2D eigenvalue weighted by Crippen LogP contribution is -2.20. The van der Waals surface area contributed by atoms with Crippen LogP contribution in [0.3, 0.4) is 0 Å². The van der Waals surface area contributed by atoms with E-state index in [9.17, 15) is 27.2 Å². The minimum atomic E-state index is -4.85. The maximum absolute atomic E-state index is 14.2. The molecule has 2 heterocycles. The Bertz CT molecular complexity index is 1400. The molecule has 0 aliphatic rings. The zero-order valence-corrected chi connectivity index (χ0v) is 16.4. The number of alkyl halides is 3. The molecule has 2 aromatic heterocycles. The van der Waals surface area contributed by atoms with Gasteiger partial charge in [-0.05, 0) is 36.4 Å². The van der Waals surface area contributed by atoms with Gasteiger partial charge in [0.05, 0.1) is 27.2 Å². The monoisotopic (exact) mass is 463 g/mol. The van der Waals surface area contributed by atoms with Crippen molar-refractivity contribution in [3.63, 3.8) is 0 Å². The summed E-state index contributed by atoms with van der Waals surface area (Å²) < 4.78 is 55.4. The number of nitrogens with zero attached hydrogens (tertiary/aromatic N) is 3. The number of carboxylic acids is 1. The summed E-state index contributed by atoms with van der Waals surface area (Å²) in [6.45, 7) is 0. The van der Waals surface area contributed by atoms with E-state index >= 15 is 0 Å². The van der Waals surface area contributed by atoms with E-state index < -0.39 is 45.6 Å². The fourth-order valence-corrected chi connectivity index (χ4v) is 3.48. The molecule has 0 aliphatic heterocycles. The van der Waals surface area contributed by atoms with Crippen LogP contribution in [0.2, 0.25) is 5.02 Å². The van der Waals surface area contributed by atoms with Gasteiger partial charge in [-0.2, -0.15) is 23.0 Å². The van der Waals surface area contributed by atoms with Crippen molar-refractivity contribution in [2.45, 2.75) is 6.18 Å². The van der Waals surface area contributed by atoms with E-state index in [0.29, 0.717) is 4.68 Å². The quantitative estimate of drug-likeness (QED) is 0.417.